The number of nitrogens with two attached hydrogens (primary N) is 1. The summed E-state index contributed by atoms with van der Waals surface area (Å²) in [6.07, 6.45) is 0.635. The van der Waals surface area contributed by atoms with Gasteiger partial charge in [-0.1, -0.05) is 29.4 Å². The Bertz CT molecular complexity index is 1060. The molecule has 136 valence electrons. The van der Waals surface area contributed by atoms with E-state index in [1.54, 1.807) is 24.4 Å². The topological polar surface area (TPSA) is 106 Å². The number of aromatic nitrogens is 1. The maximum Gasteiger partial charge on any atom is 0.248 e. The van der Waals surface area contributed by atoms with Crippen LogP contribution < -0.4 is 10.0 Å². The Balaban J connectivity index is 2.04. The second-order valence-electron chi connectivity index (χ2n) is 5.44. The van der Waals surface area contributed by atoms with Gasteiger partial charge >= 0.3 is 0 Å². The highest BCUT2D eigenvalue weighted by Crippen LogP contribution is 2.36. The minimum absolute atomic E-state index is 0.0595. The smallest absolute Gasteiger partial charge is 0.248 e. The summed E-state index contributed by atoms with van der Waals surface area (Å²) in [4.78, 5) is 13.5. The molecular weight excluding hydrogens is 442 g/mol. The number of rotatable bonds is 6. The zero-order valence-electron chi connectivity index (χ0n) is 13.5. The van der Waals surface area contributed by atoms with Gasteiger partial charge < -0.3 is 4.52 Å². The number of sulfonamides is 1. The van der Waals surface area contributed by atoms with Crippen molar-refractivity contribution in [2.24, 2.45) is 5.14 Å². The number of hydrogen-bond donors (Lipinski definition) is 1. The van der Waals surface area contributed by atoms with Crippen LogP contribution in [0.1, 0.15) is 11.3 Å². The number of amides is 1. The second-order valence-corrected chi connectivity index (χ2v) is 8.68. The average molecular weight is 456 g/mol. The van der Waals surface area contributed by atoms with Gasteiger partial charge in [-0.25, -0.2) is 13.6 Å². The van der Waals surface area contributed by atoms with Gasteiger partial charge in [-0.2, -0.15) is 0 Å². The first-order valence-electron chi connectivity index (χ1n) is 7.35. The minimum Gasteiger partial charge on any atom is -0.337 e. The van der Waals surface area contributed by atoms with Crippen LogP contribution >= 0.6 is 27.3 Å². The van der Waals surface area contributed by atoms with E-state index in [4.69, 9.17) is 9.66 Å². The van der Waals surface area contributed by atoms with Crippen molar-refractivity contribution in [2.75, 3.05) is 4.90 Å². The monoisotopic (exact) mass is 455 g/mol. The Hall–Kier alpha value is -2.01. The summed E-state index contributed by atoms with van der Waals surface area (Å²) in [6, 6.07) is 8.69. The van der Waals surface area contributed by atoms with Crippen LogP contribution in [-0.2, 0) is 21.4 Å². The Morgan fingerprint density at radius 1 is 1.35 bits per heavy atom. The van der Waals surface area contributed by atoms with Crippen LogP contribution in [0.3, 0.4) is 0 Å². The quantitative estimate of drug-likeness (QED) is 0.573. The van der Waals surface area contributed by atoms with Gasteiger partial charge in [-0.3, -0.25) is 9.69 Å². The number of benzene rings is 1. The molecule has 0 unspecified atom stereocenters. The van der Waals surface area contributed by atoms with E-state index in [2.05, 4.69) is 21.1 Å². The van der Waals surface area contributed by atoms with Crippen molar-refractivity contribution < 1.29 is 17.7 Å². The average Bonchev–Trinajstić information content (AvgIpc) is 3.21. The zero-order chi connectivity index (χ0) is 18.9. The molecule has 0 radical (unpaired) electrons. The largest absolute Gasteiger partial charge is 0.337 e. The number of carbonyl (C=O) groups is 1. The van der Waals surface area contributed by atoms with Gasteiger partial charge in [0.15, 0.2) is 0 Å². The highest BCUT2D eigenvalue weighted by Gasteiger charge is 2.22. The summed E-state index contributed by atoms with van der Waals surface area (Å²) in [5.74, 6) is 0.283. The van der Waals surface area contributed by atoms with Gasteiger partial charge in [0.05, 0.1) is 17.1 Å². The molecule has 0 saturated heterocycles. The molecule has 10 heteroatoms. The molecule has 0 aliphatic heterocycles. The summed E-state index contributed by atoms with van der Waals surface area (Å²) in [5.41, 5.74) is 2.05. The van der Waals surface area contributed by atoms with Gasteiger partial charge in [-0.05, 0) is 45.4 Å². The SMILES string of the molecule is Cc1noc(N(C=O)Cc2ccccc2-c2sccc2S(N)(=O)=O)c1Br. The molecule has 3 aromatic rings. The molecule has 2 heterocycles. The lowest BCUT2D eigenvalue weighted by Crippen LogP contribution is -2.20. The molecule has 0 fully saturated rings. The van der Waals surface area contributed by atoms with Crippen molar-refractivity contribution in [1.29, 1.82) is 0 Å². The molecule has 26 heavy (non-hydrogen) atoms. The van der Waals surface area contributed by atoms with Gasteiger partial charge in [0.2, 0.25) is 22.3 Å². The Morgan fingerprint density at radius 3 is 2.69 bits per heavy atom. The molecule has 3 rings (SSSR count). The fourth-order valence-electron chi connectivity index (χ4n) is 2.46. The van der Waals surface area contributed by atoms with E-state index in [1.165, 1.54) is 22.3 Å². The van der Waals surface area contributed by atoms with Crippen molar-refractivity contribution in [1.82, 2.24) is 5.16 Å². The van der Waals surface area contributed by atoms with E-state index < -0.39 is 10.0 Å². The Labute approximate surface area is 162 Å². The van der Waals surface area contributed by atoms with E-state index in [1.807, 2.05) is 12.1 Å². The number of hydrogen-bond acceptors (Lipinski definition) is 6. The summed E-state index contributed by atoms with van der Waals surface area (Å²) >= 11 is 4.62. The molecule has 0 saturated carbocycles. The first-order chi connectivity index (χ1) is 12.3. The zero-order valence-corrected chi connectivity index (χ0v) is 16.8. The number of nitrogens with zero attached hydrogens (tertiary/aromatic N) is 2. The van der Waals surface area contributed by atoms with Crippen LogP contribution in [-0.4, -0.2) is 20.0 Å². The lowest BCUT2D eigenvalue weighted by Gasteiger charge is -2.17. The Kier molecular flexibility index (Phi) is 5.28. The normalized spacial score (nSPS) is 11.5. The second kappa shape index (κ2) is 7.31. The third-order valence-corrected chi connectivity index (χ3v) is 6.64. The summed E-state index contributed by atoms with van der Waals surface area (Å²) in [7, 11) is -3.85. The molecular formula is C16H14BrN3O4S2. The standard InChI is InChI=1S/C16H14BrN3O4S2/c1-10-14(17)16(24-19-10)20(9-21)8-11-4-2-3-5-12(11)15-13(6-7-25-15)26(18,22)23/h2-7,9H,8H2,1H3,(H2,18,22,23). The van der Waals surface area contributed by atoms with Crippen LogP contribution in [0.2, 0.25) is 0 Å². The number of anilines is 1. The maximum atomic E-state index is 11.8. The maximum absolute atomic E-state index is 11.8. The number of aryl methyl sites for hydroxylation is 1. The van der Waals surface area contributed by atoms with E-state index >= 15 is 0 Å². The molecule has 2 N–H and O–H groups in total. The molecule has 1 aromatic carbocycles. The fraction of sp³-hybridized carbons (Fsp3) is 0.125. The molecule has 2 aromatic heterocycles. The van der Waals surface area contributed by atoms with Crippen molar-refractivity contribution >= 4 is 49.6 Å². The van der Waals surface area contributed by atoms with Crippen molar-refractivity contribution in [3.8, 4) is 10.4 Å². The molecule has 7 nitrogen and oxygen atoms in total. The molecule has 0 atom stereocenters. The molecule has 0 bridgehead atoms. The van der Waals surface area contributed by atoms with Crippen LogP contribution in [0.15, 0.2) is 49.6 Å². The van der Waals surface area contributed by atoms with Gasteiger partial charge in [0.1, 0.15) is 9.37 Å². The van der Waals surface area contributed by atoms with E-state index in [9.17, 15) is 13.2 Å². The summed E-state index contributed by atoms with van der Waals surface area (Å²) in [5, 5.41) is 10.8. The number of primary sulfonamides is 1. The number of thiophene rings is 1. The Morgan fingerprint density at radius 2 is 2.08 bits per heavy atom. The highest BCUT2D eigenvalue weighted by molar-refractivity contribution is 9.10. The predicted molar refractivity (Wildman–Crippen MR) is 102 cm³/mol. The van der Waals surface area contributed by atoms with Crippen molar-refractivity contribution in [3.63, 3.8) is 0 Å². The van der Waals surface area contributed by atoms with E-state index in [0.29, 0.717) is 27.0 Å². The van der Waals surface area contributed by atoms with Gasteiger partial charge in [0, 0.05) is 0 Å². The lowest BCUT2D eigenvalue weighted by molar-refractivity contribution is -0.107. The number of halogens is 1. The van der Waals surface area contributed by atoms with Gasteiger partial charge in [-0.15, -0.1) is 11.3 Å². The molecule has 1 amide bonds. The third-order valence-electron chi connectivity index (χ3n) is 3.70. The summed E-state index contributed by atoms with van der Waals surface area (Å²) < 4.78 is 29.5. The van der Waals surface area contributed by atoms with Crippen LogP contribution in [0, 0.1) is 6.92 Å². The van der Waals surface area contributed by atoms with Gasteiger partial charge in [0.25, 0.3) is 0 Å². The van der Waals surface area contributed by atoms with Crippen LogP contribution in [0.4, 0.5) is 5.88 Å². The van der Waals surface area contributed by atoms with Crippen LogP contribution in [0.5, 0.6) is 0 Å². The first-order valence-corrected chi connectivity index (χ1v) is 10.6. The van der Waals surface area contributed by atoms with E-state index in [0.717, 1.165) is 5.56 Å². The highest BCUT2D eigenvalue weighted by atomic mass is 79.9. The minimum atomic E-state index is -3.85. The number of carbonyl (C=O) groups excluding carboxylic acids is 1. The van der Waals surface area contributed by atoms with Crippen molar-refractivity contribution in [3.05, 3.63) is 51.4 Å². The lowest BCUT2D eigenvalue weighted by atomic mass is 10.1. The molecule has 0 aliphatic carbocycles. The predicted octanol–water partition coefficient (Wildman–Crippen LogP) is 3.28. The van der Waals surface area contributed by atoms with Crippen molar-refractivity contribution in [2.45, 2.75) is 18.4 Å². The molecule has 0 aliphatic rings. The summed E-state index contributed by atoms with van der Waals surface area (Å²) in [6.45, 7) is 1.92. The molecule has 0 spiro atoms. The van der Waals surface area contributed by atoms with Crippen LogP contribution in [0.25, 0.3) is 10.4 Å². The first kappa shape index (κ1) is 18.8. The van der Waals surface area contributed by atoms with E-state index in [-0.39, 0.29) is 17.3 Å². The fourth-order valence-corrected chi connectivity index (χ4v) is 4.89. The third kappa shape index (κ3) is 3.58.